The smallest absolute Gasteiger partial charge is 0.163 e. The van der Waals surface area contributed by atoms with Crippen molar-refractivity contribution in [2.24, 2.45) is 0 Å². The van der Waals surface area contributed by atoms with Crippen molar-refractivity contribution in [3.8, 4) is 0 Å². The van der Waals surface area contributed by atoms with E-state index in [1.54, 1.807) is 12.1 Å². The van der Waals surface area contributed by atoms with Crippen LogP contribution in [-0.4, -0.2) is 5.78 Å². The normalized spacial score (nSPS) is 10.0. The lowest BCUT2D eigenvalue weighted by atomic mass is 10.0. The van der Waals surface area contributed by atoms with Gasteiger partial charge in [0.05, 0.1) is 0 Å². The van der Waals surface area contributed by atoms with Gasteiger partial charge in [-0.2, -0.15) is 0 Å². The molecule has 80 valence electrons. The molecule has 0 N–H and O–H groups in total. The molecule has 0 atom stereocenters. The number of hydrogen-bond donors (Lipinski definition) is 0. The van der Waals surface area contributed by atoms with Crippen molar-refractivity contribution in [1.29, 1.82) is 0 Å². The summed E-state index contributed by atoms with van der Waals surface area (Å²) in [5, 5.41) is 0.676. The monoisotopic (exact) mass is 222 g/mol. The molecule has 0 radical (unpaired) electrons. The maximum Gasteiger partial charge on any atom is 0.163 e. The number of benzene rings is 1. The van der Waals surface area contributed by atoms with Gasteiger partial charge in [-0.25, -0.2) is 0 Å². The van der Waals surface area contributed by atoms with Crippen LogP contribution < -0.4 is 0 Å². The summed E-state index contributed by atoms with van der Waals surface area (Å²) in [6, 6.07) is 5.38. The Kier molecular flexibility index (Phi) is 4.57. The number of carbonyl (C=O) groups is 1. The minimum atomic E-state index is 0.186. The van der Waals surface area contributed by atoms with Gasteiger partial charge in [0.1, 0.15) is 0 Å². The van der Waals surface area contributed by atoms with Crippen LogP contribution in [0.3, 0.4) is 0 Å². The van der Waals surface area contributed by atoms with Gasteiger partial charge in [-0.15, -0.1) is 6.58 Å². The van der Waals surface area contributed by atoms with Crippen molar-refractivity contribution in [1.82, 2.24) is 0 Å². The summed E-state index contributed by atoms with van der Waals surface area (Å²) in [6.45, 7) is 5.54. The standard InChI is InChI=1S/C13H15ClO/c1-3-4-5-6-13(15)12-8-7-11(14)9-10(12)2/h3,7-9H,1,4-6H2,2H3. The van der Waals surface area contributed by atoms with E-state index in [9.17, 15) is 4.79 Å². The number of ketones is 1. The zero-order valence-corrected chi connectivity index (χ0v) is 9.68. The molecule has 0 saturated heterocycles. The second-order valence-corrected chi connectivity index (χ2v) is 4.00. The van der Waals surface area contributed by atoms with Gasteiger partial charge in [0, 0.05) is 17.0 Å². The molecule has 0 bridgehead atoms. The number of rotatable bonds is 5. The molecule has 1 nitrogen and oxygen atoms in total. The van der Waals surface area contributed by atoms with Crippen molar-refractivity contribution in [2.75, 3.05) is 0 Å². The van der Waals surface area contributed by atoms with Crippen molar-refractivity contribution >= 4 is 17.4 Å². The highest BCUT2D eigenvalue weighted by atomic mass is 35.5. The Morgan fingerprint density at radius 3 is 2.87 bits per heavy atom. The van der Waals surface area contributed by atoms with Crippen LogP contribution in [0.15, 0.2) is 30.9 Å². The molecule has 1 aromatic carbocycles. The van der Waals surface area contributed by atoms with E-state index in [0.29, 0.717) is 11.4 Å². The Bertz CT molecular complexity index is 369. The topological polar surface area (TPSA) is 17.1 Å². The van der Waals surface area contributed by atoms with Crippen LogP contribution in [0.1, 0.15) is 35.2 Å². The Morgan fingerprint density at radius 2 is 2.27 bits per heavy atom. The maximum absolute atomic E-state index is 11.8. The maximum atomic E-state index is 11.8. The predicted molar refractivity (Wildman–Crippen MR) is 64.6 cm³/mol. The first-order chi connectivity index (χ1) is 7.15. The van der Waals surface area contributed by atoms with Gasteiger partial charge in [0.2, 0.25) is 0 Å². The van der Waals surface area contributed by atoms with E-state index >= 15 is 0 Å². The average molecular weight is 223 g/mol. The van der Waals surface area contributed by atoms with Gasteiger partial charge in [-0.3, -0.25) is 4.79 Å². The fraction of sp³-hybridized carbons (Fsp3) is 0.308. The molecule has 0 aliphatic carbocycles. The molecular weight excluding hydrogens is 208 g/mol. The minimum absolute atomic E-state index is 0.186. The van der Waals surface area contributed by atoms with Crippen LogP contribution in [0, 0.1) is 6.92 Å². The summed E-state index contributed by atoms with van der Waals surface area (Å²) in [6.07, 6.45) is 4.17. The highest BCUT2D eigenvalue weighted by Crippen LogP contribution is 2.17. The lowest BCUT2D eigenvalue weighted by Gasteiger charge is -2.04. The van der Waals surface area contributed by atoms with E-state index in [1.807, 2.05) is 19.1 Å². The van der Waals surface area contributed by atoms with E-state index in [-0.39, 0.29) is 5.78 Å². The summed E-state index contributed by atoms with van der Waals surface area (Å²) in [5.41, 5.74) is 1.73. The Hall–Kier alpha value is -1.08. The largest absolute Gasteiger partial charge is 0.294 e. The molecule has 0 saturated carbocycles. The summed E-state index contributed by atoms with van der Waals surface area (Å²) in [4.78, 5) is 11.8. The molecule has 2 heteroatoms. The molecule has 0 aromatic heterocycles. The zero-order valence-electron chi connectivity index (χ0n) is 8.92. The Balaban J connectivity index is 2.69. The highest BCUT2D eigenvalue weighted by Gasteiger charge is 2.08. The second-order valence-electron chi connectivity index (χ2n) is 3.56. The zero-order chi connectivity index (χ0) is 11.3. The third-order valence-corrected chi connectivity index (χ3v) is 2.54. The number of allylic oxidation sites excluding steroid dienone is 1. The van der Waals surface area contributed by atoms with E-state index in [1.165, 1.54) is 0 Å². The molecule has 0 aliphatic rings. The van der Waals surface area contributed by atoms with Crippen LogP contribution in [0.4, 0.5) is 0 Å². The highest BCUT2D eigenvalue weighted by molar-refractivity contribution is 6.30. The van der Waals surface area contributed by atoms with E-state index in [4.69, 9.17) is 11.6 Å². The number of carbonyl (C=O) groups excluding carboxylic acids is 1. The van der Waals surface area contributed by atoms with E-state index in [0.717, 1.165) is 24.0 Å². The third kappa shape index (κ3) is 3.52. The third-order valence-electron chi connectivity index (χ3n) is 2.30. The van der Waals surface area contributed by atoms with Crippen LogP contribution in [0.2, 0.25) is 5.02 Å². The first-order valence-electron chi connectivity index (χ1n) is 5.05. The van der Waals surface area contributed by atoms with Crippen molar-refractivity contribution < 1.29 is 4.79 Å². The molecule has 0 unspecified atom stereocenters. The van der Waals surface area contributed by atoms with Crippen molar-refractivity contribution in [3.05, 3.63) is 47.0 Å². The van der Waals surface area contributed by atoms with E-state index in [2.05, 4.69) is 6.58 Å². The lowest BCUT2D eigenvalue weighted by molar-refractivity contribution is 0.0980. The minimum Gasteiger partial charge on any atom is -0.294 e. The van der Waals surface area contributed by atoms with Gasteiger partial charge in [-0.1, -0.05) is 17.7 Å². The second kappa shape index (κ2) is 5.72. The number of aryl methyl sites for hydroxylation is 1. The quantitative estimate of drug-likeness (QED) is 0.415. The van der Waals surface area contributed by atoms with Crippen molar-refractivity contribution in [2.45, 2.75) is 26.2 Å². The lowest BCUT2D eigenvalue weighted by Crippen LogP contribution is -2.01. The summed E-state index contributed by atoms with van der Waals surface area (Å²) >= 11 is 5.82. The SMILES string of the molecule is C=CCCCC(=O)c1ccc(Cl)cc1C. The van der Waals surface area contributed by atoms with Crippen molar-refractivity contribution in [3.63, 3.8) is 0 Å². The number of halogens is 1. The molecular formula is C13H15ClO. The fourth-order valence-electron chi connectivity index (χ4n) is 1.48. The molecule has 0 amide bonds. The first kappa shape index (κ1) is 12.0. The fourth-order valence-corrected chi connectivity index (χ4v) is 1.71. The molecule has 0 heterocycles. The number of Topliss-reactive ketones (excluding diaryl/α,β-unsaturated/α-hetero) is 1. The van der Waals surface area contributed by atoms with Gasteiger partial charge in [-0.05, 0) is 43.5 Å². The van der Waals surface area contributed by atoms with E-state index < -0.39 is 0 Å². The van der Waals surface area contributed by atoms with Gasteiger partial charge >= 0.3 is 0 Å². The molecule has 0 fully saturated rings. The average Bonchev–Trinajstić information content (AvgIpc) is 2.17. The Labute approximate surface area is 95.8 Å². The number of unbranched alkanes of at least 4 members (excludes halogenated alkanes) is 1. The van der Waals surface area contributed by atoms with Crippen LogP contribution in [0.25, 0.3) is 0 Å². The summed E-state index contributed by atoms with van der Waals surface area (Å²) < 4.78 is 0. The Morgan fingerprint density at radius 1 is 1.53 bits per heavy atom. The van der Waals surface area contributed by atoms with Gasteiger partial charge in [0.15, 0.2) is 5.78 Å². The van der Waals surface area contributed by atoms with Crippen LogP contribution in [0.5, 0.6) is 0 Å². The molecule has 1 rings (SSSR count). The molecule has 1 aromatic rings. The van der Waals surface area contributed by atoms with Gasteiger partial charge < -0.3 is 0 Å². The number of hydrogen-bond acceptors (Lipinski definition) is 1. The predicted octanol–water partition coefficient (Wildman–Crippen LogP) is 4.19. The van der Waals surface area contributed by atoms with Crippen LogP contribution >= 0.6 is 11.6 Å². The molecule has 0 spiro atoms. The summed E-state index contributed by atoms with van der Waals surface area (Å²) in [5.74, 6) is 0.186. The summed E-state index contributed by atoms with van der Waals surface area (Å²) in [7, 11) is 0. The molecule has 0 aliphatic heterocycles. The van der Waals surface area contributed by atoms with Crippen LogP contribution in [-0.2, 0) is 0 Å². The first-order valence-corrected chi connectivity index (χ1v) is 5.43. The van der Waals surface area contributed by atoms with Gasteiger partial charge in [0.25, 0.3) is 0 Å². The molecule has 15 heavy (non-hydrogen) atoms.